The fraction of sp³-hybridized carbons (Fsp3) is 0.600. The van der Waals surface area contributed by atoms with Gasteiger partial charge in [0.05, 0.1) is 12.6 Å². The zero-order valence-electron chi connectivity index (χ0n) is 9.74. The van der Waals surface area contributed by atoms with E-state index in [1.54, 1.807) is 0 Å². The molecule has 0 radical (unpaired) electrons. The van der Waals surface area contributed by atoms with Gasteiger partial charge in [0.15, 0.2) is 6.23 Å². The lowest BCUT2D eigenvalue weighted by Gasteiger charge is -2.17. The smallest absolute Gasteiger partial charge is 0.330 e. The van der Waals surface area contributed by atoms with E-state index in [2.05, 4.69) is 4.98 Å². The largest absolute Gasteiger partial charge is 0.394 e. The van der Waals surface area contributed by atoms with Gasteiger partial charge in [0, 0.05) is 11.8 Å². The van der Waals surface area contributed by atoms with Gasteiger partial charge in [-0.25, -0.2) is 4.79 Å². The van der Waals surface area contributed by atoms with E-state index in [-0.39, 0.29) is 6.61 Å². The number of aromatic nitrogens is 2. The highest BCUT2D eigenvalue weighted by Crippen LogP contribution is 2.26. The van der Waals surface area contributed by atoms with Gasteiger partial charge in [-0.05, 0) is 6.92 Å². The number of rotatable bonds is 2. The number of hydrogen-bond donors (Lipinski definition) is 4. The van der Waals surface area contributed by atoms with Crippen molar-refractivity contribution in [2.24, 2.45) is 5.73 Å². The lowest BCUT2D eigenvalue weighted by Crippen LogP contribution is -2.42. The van der Waals surface area contributed by atoms with Crippen molar-refractivity contribution < 1.29 is 14.9 Å². The Morgan fingerprint density at radius 3 is 2.78 bits per heavy atom. The van der Waals surface area contributed by atoms with E-state index in [0.29, 0.717) is 5.56 Å². The Labute approximate surface area is 102 Å². The van der Waals surface area contributed by atoms with Crippen LogP contribution in [-0.4, -0.2) is 44.6 Å². The second-order valence-corrected chi connectivity index (χ2v) is 4.29. The molecule has 100 valence electrons. The third-order valence-corrected chi connectivity index (χ3v) is 3.03. The van der Waals surface area contributed by atoms with Crippen molar-refractivity contribution in [2.45, 2.75) is 31.4 Å². The summed E-state index contributed by atoms with van der Waals surface area (Å²) in [7, 11) is 0. The van der Waals surface area contributed by atoms with Crippen LogP contribution >= 0.6 is 0 Å². The van der Waals surface area contributed by atoms with Gasteiger partial charge in [-0.2, -0.15) is 0 Å². The van der Waals surface area contributed by atoms with Crippen LogP contribution in [0.4, 0.5) is 0 Å². The number of nitrogens with zero attached hydrogens (tertiary/aromatic N) is 1. The van der Waals surface area contributed by atoms with Gasteiger partial charge in [-0.15, -0.1) is 0 Å². The molecule has 1 aliphatic rings. The summed E-state index contributed by atoms with van der Waals surface area (Å²) < 4.78 is 6.38. The number of aryl methyl sites for hydroxylation is 1. The fourth-order valence-electron chi connectivity index (χ4n) is 1.93. The molecule has 1 aromatic rings. The molecule has 0 aliphatic carbocycles. The Balaban J connectivity index is 2.42. The molecule has 0 amide bonds. The summed E-state index contributed by atoms with van der Waals surface area (Å²) in [5, 5.41) is 18.9. The third-order valence-electron chi connectivity index (χ3n) is 3.03. The lowest BCUT2D eigenvalue weighted by molar-refractivity contribution is -0.0532. The van der Waals surface area contributed by atoms with Crippen molar-refractivity contribution in [1.82, 2.24) is 9.55 Å². The van der Waals surface area contributed by atoms with Crippen molar-refractivity contribution in [3.05, 3.63) is 32.6 Å². The molecule has 1 saturated heterocycles. The summed E-state index contributed by atoms with van der Waals surface area (Å²) in [6.07, 6.45) is -1.60. The molecule has 1 fully saturated rings. The summed E-state index contributed by atoms with van der Waals surface area (Å²) in [5.74, 6) is 0. The number of hydrogen-bond acceptors (Lipinski definition) is 6. The monoisotopic (exact) mass is 257 g/mol. The molecule has 2 rings (SSSR count). The molecule has 0 aromatic carbocycles. The molecule has 0 spiro atoms. The molecule has 2 heterocycles. The van der Waals surface area contributed by atoms with Crippen LogP contribution in [0.2, 0.25) is 0 Å². The Kier molecular flexibility index (Phi) is 3.35. The van der Waals surface area contributed by atoms with Crippen LogP contribution in [0.15, 0.2) is 15.8 Å². The normalized spacial score (nSPS) is 31.8. The molecule has 8 heteroatoms. The summed E-state index contributed by atoms with van der Waals surface area (Å²) in [6.45, 7) is 1.17. The number of nitrogens with one attached hydrogen (secondary N) is 1. The summed E-state index contributed by atoms with van der Waals surface area (Å²) in [4.78, 5) is 25.0. The number of aliphatic hydroxyl groups is 2. The highest BCUT2D eigenvalue weighted by molar-refractivity contribution is 5.03. The Morgan fingerprint density at radius 1 is 1.56 bits per heavy atom. The van der Waals surface area contributed by atoms with Crippen LogP contribution in [0.25, 0.3) is 0 Å². The standard InChI is InChI=1S/C10H15N3O5/c1-4-2-13(10(17)12-8(4)16)9-7(15)6(11)5(3-14)18-9/h2,5-7,9,14-15H,3,11H2,1H3,(H,12,16,17)/t5-,6-,7+,9-/m1/s1. The Bertz CT molecular complexity index is 551. The first-order valence-electron chi connectivity index (χ1n) is 5.47. The number of aliphatic hydroxyl groups excluding tert-OH is 2. The maximum absolute atomic E-state index is 11.6. The topological polar surface area (TPSA) is 131 Å². The zero-order chi connectivity index (χ0) is 13.4. The second-order valence-electron chi connectivity index (χ2n) is 4.29. The molecular weight excluding hydrogens is 242 g/mol. The number of H-pyrrole nitrogens is 1. The second kappa shape index (κ2) is 4.65. The number of ether oxygens (including phenoxy) is 1. The minimum absolute atomic E-state index is 0.311. The molecule has 0 saturated carbocycles. The van der Waals surface area contributed by atoms with Crippen LogP contribution in [0.5, 0.6) is 0 Å². The quantitative estimate of drug-likeness (QED) is 0.460. The molecule has 18 heavy (non-hydrogen) atoms. The van der Waals surface area contributed by atoms with E-state index >= 15 is 0 Å². The predicted octanol–water partition coefficient (Wildman–Crippen LogP) is -2.58. The average Bonchev–Trinajstić information content (AvgIpc) is 2.61. The summed E-state index contributed by atoms with van der Waals surface area (Å²) in [6, 6.07) is -0.792. The van der Waals surface area contributed by atoms with Gasteiger partial charge in [0.2, 0.25) is 0 Å². The summed E-state index contributed by atoms with van der Waals surface area (Å²) in [5.41, 5.74) is 4.78. The molecule has 0 unspecified atom stereocenters. The first-order valence-corrected chi connectivity index (χ1v) is 5.47. The maximum Gasteiger partial charge on any atom is 0.330 e. The van der Waals surface area contributed by atoms with Crippen molar-refractivity contribution >= 4 is 0 Å². The zero-order valence-corrected chi connectivity index (χ0v) is 9.74. The van der Waals surface area contributed by atoms with Gasteiger partial charge in [-0.3, -0.25) is 14.3 Å². The minimum Gasteiger partial charge on any atom is -0.394 e. The molecular formula is C10H15N3O5. The van der Waals surface area contributed by atoms with E-state index in [1.807, 2.05) is 0 Å². The van der Waals surface area contributed by atoms with E-state index in [0.717, 1.165) is 4.57 Å². The molecule has 8 nitrogen and oxygen atoms in total. The fourth-order valence-corrected chi connectivity index (χ4v) is 1.93. The average molecular weight is 257 g/mol. The number of nitrogens with two attached hydrogens (primary N) is 1. The molecule has 0 bridgehead atoms. The van der Waals surface area contributed by atoms with Crippen molar-refractivity contribution in [2.75, 3.05) is 6.61 Å². The SMILES string of the molecule is Cc1cn([C@@H]2O[C@H](CO)[C@@H](N)[C@@H]2O)c(=O)[nH]c1=O. The van der Waals surface area contributed by atoms with Crippen molar-refractivity contribution in [3.8, 4) is 0 Å². The summed E-state index contributed by atoms with van der Waals surface area (Å²) >= 11 is 0. The van der Waals surface area contributed by atoms with Crippen molar-refractivity contribution in [3.63, 3.8) is 0 Å². The highest BCUT2D eigenvalue weighted by Gasteiger charge is 2.42. The Morgan fingerprint density at radius 2 is 2.22 bits per heavy atom. The first kappa shape index (κ1) is 13.0. The number of aromatic amines is 1. The maximum atomic E-state index is 11.6. The van der Waals surface area contributed by atoms with Gasteiger partial charge < -0.3 is 20.7 Å². The lowest BCUT2D eigenvalue weighted by atomic mass is 10.1. The van der Waals surface area contributed by atoms with E-state index in [4.69, 9.17) is 15.6 Å². The molecule has 1 aliphatic heterocycles. The molecule has 5 N–H and O–H groups in total. The van der Waals surface area contributed by atoms with E-state index < -0.39 is 35.7 Å². The van der Waals surface area contributed by atoms with Gasteiger partial charge in [0.25, 0.3) is 5.56 Å². The van der Waals surface area contributed by atoms with Crippen molar-refractivity contribution in [1.29, 1.82) is 0 Å². The van der Waals surface area contributed by atoms with Crippen LogP contribution < -0.4 is 17.0 Å². The molecule has 1 aromatic heterocycles. The third kappa shape index (κ3) is 1.99. The van der Waals surface area contributed by atoms with Gasteiger partial charge >= 0.3 is 5.69 Å². The van der Waals surface area contributed by atoms with Crippen LogP contribution in [0.1, 0.15) is 11.8 Å². The van der Waals surface area contributed by atoms with Crippen LogP contribution in [0, 0.1) is 6.92 Å². The van der Waals surface area contributed by atoms with E-state index in [1.165, 1.54) is 13.1 Å². The van der Waals surface area contributed by atoms with Crippen LogP contribution in [-0.2, 0) is 4.74 Å². The predicted molar refractivity (Wildman–Crippen MR) is 61.0 cm³/mol. The minimum atomic E-state index is -1.13. The molecule has 4 atom stereocenters. The highest BCUT2D eigenvalue weighted by atomic mass is 16.5. The van der Waals surface area contributed by atoms with E-state index in [9.17, 15) is 14.7 Å². The van der Waals surface area contributed by atoms with Gasteiger partial charge in [0.1, 0.15) is 12.2 Å². The first-order chi connectivity index (χ1) is 8.45. The van der Waals surface area contributed by atoms with Crippen LogP contribution in [0.3, 0.4) is 0 Å². The van der Waals surface area contributed by atoms with Gasteiger partial charge in [-0.1, -0.05) is 0 Å². The Hall–Kier alpha value is -1.48.